The largest absolute Gasteiger partial charge is 0.471 e. The first-order valence-electron chi connectivity index (χ1n) is 4.71. The van der Waals surface area contributed by atoms with Crippen molar-refractivity contribution >= 4 is 5.91 Å². The molecule has 0 unspecified atom stereocenters. The molecule has 0 aromatic heterocycles. The van der Waals surface area contributed by atoms with Crippen LogP contribution in [0.25, 0.3) is 0 Å². The number of alkyl halides is 3. The van der Waals surface area contributed by atoms with Gasteiger partial charge in [-0.05, 0) is 6.42 Å². The number of carbonyl (C=O) groups excluding carboxylic acids is 1. The van der Waals surface area contributed by atoms with E-state index in [1.807, 2.05) is 5.32 Å². The van der Waals surface area contributed by atoms with E-state index in [-0.39, 0.29) is 12.1 Å². The molecule has 2 fully saturated rings. The summed E-state index contributed by atoms with van der Waals surface area (Å²) in [6.07, 6.45) is -4.36. The highest BCUT2D eigenvalue weighted by Gasteiger charge is 2.45. The van der Waals surface area contributed by atoms with Gasteiger partial charge in [-0.1, -0.05) is 0 Å². The molecule has 2 heterocycles. The number of ether oxygens (including phenoxy) is 1. The zero-order valence-electron chi connectivity index (χ0n) is 7.80. The van der Waals surface area contributed by atoms with Crippen molar-refractivity contribution < 1.29 is 22.7 Å². The van der Waals surface area contributed by atoms with Gasteiger partial charge < -0.3 is 15.4 Å². The Morgan fingerprint density at radius 3 is 2.87 bits per heavy atom. The van der Waals surface area contributed by atoms with Gasteiger partial charge in [0.25, 0.3) is 0 Å². The molecule has 3 atom stereocenters. The highest BCUT2D eigenvalue weighted by atomic mass is 19.4. The van der Waals surface area contributed by atoms with Gasteiger partial charge in [-0.2, -0.15) is 13.2 Å². The minimum Gasteiger partial charge on any atom is -0.374 e. The molecule has 15 heavy (non-hydrogen) atoms. The molecule has 0 radical (unpaired) electrons. The first kappa shape index (κ1) is 10.7. The molecule has 0 bridgehead atoms. The molecule has 0 saturated carbocycles. The van der Waals surface area contributed by atoms with E-state index in [0.29, 0.717) is 13.2 Å². The molecule has 1 amide bonds. The summed E-state index contributed by atoms with van der Waals surface area (Å²) in [7, 11) is 0. The Bertz CT molecular complexity index is 269. The number of nitrogens with one attached hydrogen (secondary N) is 2. The predicted molar refractivity (Wildman–Crippen MR) is 44.1 cm³/mol. The molecule has 0 aromatic rings. The summed E-state index contributed by atoms with van der Waals surface area (Å²) in [4.78, 5) is 10.7. The molecule has 2 rings (SSSR count). The van der Waals surface area contributed by atoms with Crippen molar-refractivity contribution in [3.05, 3.63) is 0 Å². The van der Waals surface area contributed by atoms with Gasteiger partial charge in [0, 0.05) is 19.2 Å². The fraction of sp³-hybridized carbons (Fsp3) is 0.875. The summed E-state index contributed by atoms with van der Waals surface area (Å²) < 4.78 is 41.2. The zero-order valence-corrected chi connectivity index (χ0v) is 7.80. The zero-order chi connectivity index (χ0) is 11.1. The molecule has 2 aliphatic rings. The minimum absolute atomic E-state index is 0.0727. The lowest BCUT2D eigenvalue weighted by Gasteiger charge is -2.19. The summed E-state index contributed by atoms with van der Waals surface area (Å²) in [5.41, 5.74) is 0. The van der Waals surface area contributed by atoms with Crippen LogP contribution in [0.2, 0.25) is 0 Å². The Balaban J connectivity index is 1.93. The number of halogens is 3. The first-order valence-corrected chi connectivity index (χ1v) is 4.71. The average Bonchev–Trinajstić information content (AvgIpc) is 2.67. The van der Waals surface area contributed by atoms with E-state index in [1.54, 1.807) is 0 Å². The second-order valence-corrected chi connectivity index (χ2v) is 3.72. The van der Waals surface area contributed by atoms with E-state index >= 15 is 0 Å². The Hall–Kier alpha value is -0.820. The number of amides is 1. The van der Waals surface area contributed by atoms with Crippen LogP contribution in [0.5, 0.6) is 0 Å². The Morgan fingerprint density at radius 2 is 2.20 bits per heavy atom. The molecule has 7 heteroatoms. The standard InChI is InChI=1S/C8H11F3N2O2/c9-8(10,11)7(14)13-5-3-12-4-1-2-15-6(4)5/h4-6,12H,1-3H2,(H,13,14)/t4-,5+,6+/m0/s1. The number of fused-ring (bicyclic) bond motifs is 1. The van der Waals surface area contributed by atoms with Crippen LogP contribution in [-0.4, -0.2) is 43.4 Å². The smallest absolute Gasteiger partial charge is 0.374 e. The van der Waals surface area contributed by atoms with Crippen molar-refractivity contribution in [3.63, 3.8) is 0 Å². The quantitative estimate of drug-likeness (QED) is 0.648. The molecule has 2 saturated heterocycles. The van der Waals surface area contributed by atoms with Gasteiger partial charge in [-0.15, -0.1) is 0 Å². The van der Waals surface area contributed by atoms with Crippen LogP contribution in [0, 0.1) is 0 Å². The van der Waals surface area contributed by atoms with Gasteiger partial charge in [0.2, 0.25) is 0 Å². The van der Waals surface area contributed by atoms with E-state index in [0.717, 1.165) is 6.42 Å². The normalized spacial score (nSPS) is 35.3. The van der Waals surface area contributed by atoms with Gasteiger partial charge in [-0.25, -0.2) is 0 Å². The van der Waals surface area contributed by atoms with Gasteiger partial charge in [0.15, 0.2) is 0 Å². The van der Waals surface area contributed by atoms with Crippen LogP contribution in [0.1, 0.15) is 6.42 Å². The van der Waals surface area contributed by atoms with E-state index in [2.05, 4.69) is 5.32 Å². The maximum absolute atomic E-state index is 12.0. The number of rotatable bonds is 1. The maximum Gasteiger partial charge on any atom is 0.471 e. The summed E-state index contributed by atoms with van der Waals surface area (Å²) in [6.45, 7) is 0.859. The highest BCUT2D eigenvalue weighted by molar-refractivity contribution is 5.82. The molecule has 0 spiro atoms. The summed E-state index contributed by atoms with van der Waals surface area (Å²) in [6, 6.07) is -0.504. The molecule has 0 aromatic carbocycles. The van der Waals surface area contributed by atoms with Gasteiger partial charge in [-0.3, -0.25) is 4.79 Å². The second-order valence-electron chi connectivity index (χ2n) is 3.72. The van der Waals surface area contributed by atoms with Crippen molar-refractivity contribution in [1.29, 1.82) is 0 Å². The van der Waals surface area contributed by atoms with E-state index in [1.165, 1.54) is 0 Å². The second kappa shape index (κ2) is 3.64. The number of hydrogen-bond acceptors (Lipinski definition) is 3. The van der Waals surface area contributed by atoms with Crippen LogP contribution in [0.4, 0.5) is 13.2 Å². The minimum atomic E-state index is -4.82. The number of carbonyl (C=O) groups is 1. The summed E-state index contributed by atoms with van der Waals surface area (Å²) in [5.74, 6) is -1.90. The first-order chi connectivity index (χ1) is 6.98. The molecule has 2 aliphatic heterocycles. The van der Waals surface area contributed by atoms with E-state index in [9.17, 15) is 18.0 Å². The molecule has 4 nitrogen and oxygen atoms in total. The van der Waals surface area contributed by atoms with E-state index in [4.69, 9.17) is 4.74 Å². The van der Waals surface area contributed by atoms with Crippen LogP contribution < -0.4 is 10.6 Å². The van der Waals surface area contributed by atoms with Crippen LogP contribution >= 0.6 is 0 Å². The van der Waals surface area contributed by atoms with E-state index < -0.39 is 18.1 Å². The highest BCUT2D eigenvalue weighted by Crippen LogP contribution is 2.23. The Morgan fingerprint density at radius 1 is 1.47 bits per heavy atom. The lowest BCUT2D eigenvalue weighted by atomic mass is 10.1. The fourth-order valence-electron chi connectivity index (χ4n) is 2.00. The lowest BCUT2D eigenvalue weighted by Crippen LogP contribution is -2.48. The van der Waals surface area contributed by atoms with Crippen molar-refractivity contribution in [3.8, 4) is 0 Å². The summed E-state index contributed by atoms with van der Waals surface area (Å²) in [5, 5.41) is 4.96. The van der Waals surface area contributed by atoms with Crippen molar-refractivity contribution in [2.75, 3.05) is 13.2 Å². The van der Waals surface area contributed by atoms with Crippen molar-refractivity contribution in [1.82, 2.24) is 10.6 Å². The summed E-state index contributed by atoms with van der Waals surface area (Å²) >= 11 is 0. The van der Waals surface area contributed by atoms with Gasteiger partial charge >= 0.3 is 12.1 Å². The monoisotopic (exact) mass is 224 g/mol. The van der Waals surface area contributed by atoms with Crippen molar-refractivity contribution in [2.24, 2.45) is 0 Å². The van der Waals surface area contributed by atoms with Crippen LogP contribution in [-0.2, 0) is 9.53 Å². The molecule has 0 aliphatic carbocycles. The fourth-order valence-corrected chi connectivity index (χ4v) is 2.00. The van der Waals surface area contributed by atoms with Crippen LogP contribution in [0.15, 0.2) is 0 Å². The third-order valence-corrected chi connectivity index (χ3v) is 2.71. The average molecular weight is 224 g/mol. The van der Waals surface area contributed by atoms with Gasteiger partial charge in [0.05, 0.1) is 12.1 Å². The Labute approximate surface area is 84.2 Å². The maximum atomic E-state index is 12.0. The molecule has 86 valence electrons. The third kappa shape index (κ3) is 2.07. The third-order valence-electron chi connectivity index (χ3n) is 2.71. The molecular formula is C8H11F3N2O2. The number of hydrogen-bond donors (Lipinski definition) is 2. The van der Waals surface area contributed by atoms with Crippen molar-refractivity contribution in [2.45, 2.75) is 30.8 Å². The van der Waals surface area contributed by atoms with Gasteiger partial charge in [0.1, 0.15) is 0 Å². The topological polar surface area (TPSA) is 50.4 Å². The lowest BCUT2D eigenvalue weighted by molar-refractivity contribution is -0.174. The molecular weight excluding hydrogens is 213 g/mol. The molecule has 2 N–H and O–H groups in total. The predicted octanol–water partition coefficient (Wildman–Crippen LogP) is -0.206. The Kier molecular flexibility index (Phi) is 2.59. The SMILES string of the molecule is O=C(N[C@@H]1CN[C@H]2CCO[C@H]21)C(F)(F)F. The van der Waals surface area contributed by atoms with Crippen LogP contribution in [0.3, 0.4) is 0 Å².